The molecule has 0 radical (unpaired) electrons. The van der Waals surface area contributed by atoms with Gasteiger partial charge in [0.15, 0.2) is 0 Å². The molecule has 2 fully saturated rings. The van der Waals surface area contributed by atoms with Gasteiger partial charge in [-0.2, -0.15) is 0 Å². The van der Waals surface area contributed by atoms with Crippen molar-refractivity contribution in [2.24, 2.45) is 11.8 Å². The highest BCUT2D eigenvalue weighted by molar-refractivity contribution is 6.42. The fourth-order valence-electron chi connectivity index (χ4n) is 3.67. The van der Waals surface area contributed by atoms with Crippen molar-refractivity contribution in [3.8, 4) is 0 Å². The molecule has 1 aromatic carbocycles. The third kappa shape index (κ3) is 4.51. The number of rotatable bonds is 3. The van der Waals surface area contributed by atoms with Crippen LogP contribution in [-0.2, 0) is 4.79 Å². The maximum atomic E-state index is 12.8. The molecule has 5 nitrogen and oxygen atoms in total. The van der Waals surface area contributed by atoms with Gasteiger partial charge in [-0.05, 0) is 49.9 Å². The molecule has 2 amide bonds. The van der Waals surface area contributed by atoms with Crippen LogP contribution in [0.25, 0.3) is 0 Å². The average Bonchev–Trinajstić information content (AvgIpc) is 2.65. The summed E-state index contributed by atoms with van der Waals surface area (Å²) < 4.78 is 0. The first-order chi connectivity index (χ1) is 12.5. The fraction of sp³-hybridized carbons (Fsp3) is 0.579. The fourth-order valence-corrected chi connectivity index (χ4v) is 3.97. The lowest BCUT2D eigenvalue weighted by molar-refractivity contribution is -0.127. The van der Waals surface area contributed by atoms with Gasteiger partial charge in [-0.15, -0.1) is 0 Å². The molecule has 2 heterocycles. The molecule has 2 aliphatic heterocycles. The highest BCUT2D eigenvalue weighted by Crippen LogP contribution is 2.25. The Morgan fingerprint density at radius 1 is 1.23 bits per heavy atom. The maximum absolute atomic E-state index is 12.8. The zero-order valence-corrected chi connectivity index (χ0v) is 16.4. The van der Waals surface area contributed by atoms with Gasteiger partial charge in [0, 0.05) is 31.2 Å². The molecular formula is C19H25Cl2N3O2. The van der Waals surface area contributed by atoms with Crippen LogP contribution in [0.1, 0.15) is 36.5 Å². The van der Waals surface area contributed by atoms with Crippen LogP contribution in [0.15, 0.2) is 18.2 Å². The van der Waals surface area contributed by atoms with E-state index in [9.17, 15) is 9.59 Å². The molecule has 142 valence electrons. The summed E-state index contributed by atoms with van der Waals surface area (Å²) in [6.07, 6.45) is 2.70. The molecule has 0 saturated carbocycles. The highest BCUT2D eigenvalue weighted by Gasteiger charge is 2.31. The summed E-state index contributed by atoms with van der Waals surface area (Å²) >= 11 is 12.0. The summed E-state index contributed by atoms with van der Waals surface area (Å²) in [7, 11) is 0. The number of likely N-dealkylation sites (tertiary alicyclic amines) is 1. The number of halogens is 2. The number of benzene rings is 1. The SMILES string of the molecule is CC1CCNCC1NC(=O)C1CCCN(C(=O)c2ccc(Cl)c(Cl)c2)C1. The number of amides is 2. The Kier molecular flexibility index (Phi) is 6.43. The molecule has 0 spiro atoms. The standard InChI is InChI=1S/C19H25Cl2N3O2/c1-12-6-7-22-10-17(12)23-18(25)14-3-2-8-24(11-14)19(26)13-4-5-15(20)16(21)9-13/h4-5,9,12,14,17,22H,2-3,6-8,10-11H2,1H3,(H,23,25). The topological polar surface area (TPSA) is 61.4 Å². The van der Waals surface area contributed by atoms with Crippen molar-refractivity contribution in [2.45, 2.75) is 32.2 Å². The van der Waals surface area contributed by atoms with Gasteiger partial charge < -0.3 is 15.5 Å². The summed E-state index contributed by atoms with van der Waals surface area (Å²) in [5.74, 6) is 0.258. The Morgan fingerprint density at radius 2 is 2.04 bits per heavy atom. The number of hydrogen-bond donors (Lipinski definition) is 2. The molecule has 7 heteroatoms. The van der Waals surface area contributed by atoms with Crippen molar-refractivity contribution < 1.29 is 9.59 Å². The summed E-state index contributed by atoms with van der Waals surface area (Å²) in [4.78, 5) is 27.2. The monoisotopic (exact) mass is 397 g/mol. The molecule has 2 N–H and O–H groups in total. The van der Waals surface area contributed by atoms with Gasteiger partial charge in [0.05, 0.1) is 16.0 Å². The van der Waals surface area contributed by atoms with Crippen molar-refractivity contribution >= 4 is 35.0 Å². The molecule has 2 aliphatic rings. The van der Waals surface area contributed by atoms with E-state index >= 15 is 0 Å². The normalized spacial score (nSPS) is 26.4. The van der Waals surface area contributed by atoms with Gasteiger partial charge in [0.2, 0.25) is 5.91 Å². The van der Waals surface area contributed by atoms with Crippen molar-refractivity contribution in [2.75, 3.05) is 26.2 Å². The van der Waals surface area contributed by atoms with Gasteiger partial charge in [-0.3, -0.25) is 9.59 Å². The van der Waals surface area contributed by atoms with Crippen LogP contribution in [0, 0.1) is 11.8 Å². The van der Waals surface area contributed by atoms with Crippen LogP contribution in [0.2, 0.25) is 10.0 Å². The van der Waals surface area contributed by atoms with E-state index in [0.717, 1.165) is 32.4 Å². The Bertz CT molecular complexity index is 683. The lowest BCUT2D eigenvalue weighted by Gasteiger charge is -2.35. The van der Waals surface area contributed by atoms with E-state index < -0.39 is 0 Å². The summed E-state index contributed by atoms with van der Waals surface area (Å²) in [6.45, 7) is 5.09. The minimum atomic E-state index is -0.162. The Balaban J connectivity index is 1.61. The number of carbonyl (C=O) groups excluding carboxylic acids is 2. The predicted octanol–water partition coefficient (Wildman–Crippen LogP) is 2.96. The second-order valence-corrected chi connectivity index (χ2v) is 8.12. The molecule has 0 aliphatic carbocycles. The molecule has 3 unspecified atom stereocenters. The lowest BCUT2D eigenvalue weighted by Crippen LogP contribution is -2.53. The van der Waals surface area contributed by atoms with Crippen LogP contribution in [0.5, 0.6) is 0 Å². The van der Waals surface area contributed by atoms with Crippen molar-refractivity contribution in [3.05, 3.63) is 33.8 Å². The molecule has 2 saturated heterocycles. The molecule has 3 rings (SSSR count). The zero-order chi connectivity index (χ0) is 18.7. The molecule has 0 aromatic heterocycles. The molecule has 0 bridgehead atoms. The van der Waals surface area contributed by atoms with E-state index in [1.165, 1.54) is 0 Å². The maximum Gasteiger partial charge on any atom is 0.253 e. The third-order valence-corrected chi connectivity index (χ3v) is 6.14. The Labute approximate surface area is 164 Å². The minimum absolute atomic E-state index is 0.0530. The van der Waals surface area contributed by atoms with E-state index in [1.54, 1.807) is 23.1 Å². The van der Waals surface area contributed by atoms with Gasteiger partial charge in [0.25, 0.3) is 5.91 Å². The summed E-state index contributed by atoms with van der Waals surface area (Å²) in [5, 5.41) is 7.29. The largest absolute Gasteiger partial charge is 0.352 e. The highest BCUT2D eigenvalue weighted by atomic mass is 35.5. The van der Waals surface area contributed by atoms with Crippen molar-refractivity contribution in [1.29, 1.82) is 0 Å². The van der Waals surface area contributed by atoms with E-state index in [1.807, 2.05) is 0 Å². The van der Waals surface area contributed by atoms with Crippen LogP contribution >= 0.6 is 23.2 Å². The van der Waals surface area contributed by atoms with E-state index in [4.69, 9.17) is 23.2 Å². The van der Waals surface area contributed by atoms with E-state index in [2.05, 4.69) is 17.6 Å². The summed E-state index contributed by atoms with van der Waals surface area (Å²) in [6, 6.07) is 5.06. The van der Waals surface area contributed by atoms with Crippen LogP contribution in [0.3, 0.4) is 0 Å². The number of carbonyl (C=O) groups is 2. The Morgan fingerprint density at radius 3 is 2.77 bits per heavy atom. The van der Waals surface area contributed by atoms with Gasteiger partial charge in [-0.1, -0.05) is 30.1 Å². The zero-order valence-electron chi connectivity index (χ0n) is 14.9. The minimum Gasteiger partial charge on any atom is -0.352 e. The van der Waals surface area contributed by atoms with Crippen LogP contribution < -0.4 is 10.6 Å². The lowest BCUT2D eigenvalue weighted by atomic mass is 9.92. The number of nitrogens with one attached hydrogen (secondary N) is 2. The first-order valence-corrected chi connectivity index (χ1v) is 9.96. The number of hydrogen-bond acceptors (Lipinski definition) is 3. The Hall–Kier alpha value is -1.30. The summed E-state index contributed by atoms with van der Waals surface area (Å²) in [5.41, 5.74) is 0.505. The van der Waals surface area contributed by atoms with Crippen LogP contribution in [-0.4, -0.2) is 48.9 Å². The number of piperidine rings is 2. The quantitative estimate of drug-likeness (QED) is 0.823. The predicted molar refractivity (Wildman–Crippen MR) is 104 cm³/mol. The first-order valence-electron chi connectivity index (χ1n) is 9.21. The molecule has 3 atom stereocenters. The van der Waals surface area contributed by atoms with E-state index in [0.29, 0.717) is 34.6 Å². The first kappa shape index (κ1) is 19.5. The molecule has 1 aromatic rings. The van der Waals surface area contributed by atoms with Gasteiger partial charge >= 0.3 is 0 Å². The van der Waals surface area contributed by atoms with Crippen molar-refractivity contribution in [3.63, 3.8) is 0 Å². The second kappa shape index (κ2) is 8.59. The molecule has 26 heavy (non-hydrogen) atoms. The van der Waals surface area contributed by atoms with Gasteiger partial charge in [0.1, 0.15) is 0 Å². The molecular weight excluding hydrogens is 373 g/mol. The average molecular weight is 398 g/mol. The van der Waals surface area contributed by atoms with Gasteiger partial charge in [-0.25, -0.2) is 0 Å². The smallest absolute Gasteiger partial charge is 0.253 e. The van der Waals surface area contributed by atoms with Crippen molar-refractivity contribution in [1.82, 2.24) is 15.5 Å². The third-order valence-electron chi connectivity index (χ3n) is 5.40. The second-order valence-electron chi connectivity index (χ2n) is 7.30. The van der Waals surface area contributed by atoms with E-state index in [-0.39, 0.29) is 23.8 Å². The number of nitrogens with zero attached hydrogens (tertiary/aromatic N) is 1. The van der Waals surface area contributed by atoms with Crippen LogP contribution in [0.4, 0.5) is 0 Å².